The molecule has 0 bridgehead atoms. The quantitative estimate of drug-likeness (QED) is 0.555. The molecule has 0 heterocycles. The van der Waals surface area contributed by atoms with Crippen LogP contribution in [0.25, 0.3) is 0 Å². The lowest BCUT2D eigenvalue weighted by molar-refractivity contribution is -0.148. The molecule has 16 heavy (non-hydrogen) atoms. The summed E-state index contributed by atoms with van der Waals surface area (Å²) in [7, 11) is 0. The first-order valence-corrected chi connectivity index (χ1v) is 5.49. The minimum Gasteiger partial charge on any atom is -0.466 e. The van der Waals surface area contributed by atoms with Gasteiger partial charge in [-0.3, -0.25) is 4.79 Å². The average Bonchev–Trinajstić information content (AvgIpc) is 2.16. The van der Waals surface area contributed by atoms with E-state index in [0.29, 0.717) is 43.8 Å². The predicted molar refractivity (Wildman–Crippen MR) is 55.8 cm³/mol. The summed E-state index contributed by atoms with van der Waals surface area (Å²) in [6.45, 7) is -2.80. The second-order valence-electron chi connectivity index (χ2n) is 3.98. The summed E-state index contributed by atoms with van der Waals surface area (Å²) in [6.07, 6.45) is 1.64. The highest BCUT2D eigenvalue weighted by atomic mass is 19.4. The van der Waals surface area contributed by atoms with E-state index in [0.717, 1.165) is 0 Å². The van der Waals surface area contributed by atoms with Crippen molar-refractivity contribution in [1.29, 1.82) is 0 Å². The number of carbonyl (C=O) groups excluding carboxylic acids is 1. The Bertz CT molecular complexity index is 276. The van der Waals surface area contributed by atoms with Crippen molar-refractivity contribution in [1.82, 2.24) is 0 Å². The molecule has 0 aliphatic heterocycles. The van der Waals surface area contributed by atoms with Crippen molar-refractivity contribution in [2.75, 3.05) is 6.61 Å². The van der Waals surface area contributed by atoms with Gasteiger partial charge in [-0.1, -0.05) is 0 Å². The predicted octanol–water partition coefficient (Wildman–Crippen LogP) is 3.05. The summed E-state index contributed by atoms with van der Waals surface area (Å²) in [5.41, 5.74) is 0.410. The van der Waals surface area contributed by atoms with Crippen LogP contribution in [0.3, 0.4) is 0 Å². The van der Waals surface area contributed by atoms with Crippen molar-refractivity contribution in [3.8, 4) is 0 Å². The van der Waals surface area contributed by atoms with Crippen LogP contribution in [0.15, 0.2) is 11.5 Å². The van der Waals surface area contributed by atoms with Crippen LogP contribution >= 0.6 is 0 Å². The molecule has 1 fully saturated rings. The first kappa shape index (κ1) is 13.1. The SMILES string of the molecule is CCOC(=O)C1CCC(=C[B-](F)(F)F)CC1. The number of rotatable bonds is 3. The zero-order chi connectivity index (χ0) is 12.2. The van der Waals surface area contributed by atoms with Gasteiger partial charge >= 0.3 is 12.9 Å². The molecule has 1 saturated carbocycles. The van der Waals surface area contributed by atoms with Crippen LogP contribution < -0.4 is 0 Å². The zero-order valence-corrected chi connectivity index (χ0v) is 9.22. The molecule has 1 aliphatic rings. The number of hydrogen-bond acceptors (Lipinski definition) is 2. The maximum absolute atomic E-state index is 12.1. The smallest absolute Gasteiger partial charge is 0.466 e. The van der Waals surface area contributed by atoms with Gasteiger partial charge in [-0.25, -0.2) is 0 Å². The van der Waals surface area contributed by atoms with Gasteiger partial charge in [0.25, 0.3) is 0 Å². The van der Waals surface area contributed by atoms with Crippen molar-refractivity contribution in [3.05, 3.63) is 11.5 Å². The molecular weight excluding hydrogens is 220 g/mol. The van der Waals surface area contributed by atoms with Crippen LogP contribution in [0.4, 0.5) is 12.9 Å². The molecule has 1 aliphatic carbocycles. The van der Waals surface area contributed by atoms with Gasteiger partial charge in [0.15, 0.2) is 0 Å². The van der Waals surface area contributed by atoms with E-state index in [1.54, 1.807) is 6.92 Å². The number of carbonyl (C=O) groups is 1. The molecule has 2 nitrogen and oxygen atoms in total. The molecule has 0 aromatic carbocycles. The second-order valence-corrected chi connectivity index (χ2v) is 3.98. The topological polar surface area (TPSA) is 26.3 Å². The fourth-order valence-electron chi connectivity index (χ4n) is 1.92. The number of esters is 1. The average molecular weight is 235 g/mol. The van der Waals surface area contributed by atoms with Crippen molar-refractivity contribution in [2.45, 2.75) is 32.6 Å². The minimum atomic E-state index is -4.85. The molecule has 0 spiro atoms. The Labute approximate surface area is 92.9 Å². The molecule has 1 rings (SSSR count). The molecule has 92 valence electrons. The van der Waals surface area contributed by atoms with Gasteiger partial charge < -0.3 is 17.7 Å². The van der Waals surface area contributed by atoms with Gasteiger partial charge in [0.2, 0.25) is 0 Å². The lowest BCUT2D eigenvalue weighted by Crippen LogP contribution is -2.22. The third kappa shape index (κ3) is 4.29. The molecule has 0 unspecified atom stereocenters. The fraction of sp³-hybridized carbons (Fsp3) is 0.700. The molecule has 0 N–H and O–H groups in total. The number of halogens is 3. The van der Waals surface area contributed by atoms with E-state index in [-0.39, 0.29) is 11.9 Å². The van der Waals surface area contributed by atoms with Crippen LogP contribution in [0.1, 0.15) is 32.6 Å². The van der Waals surface area contributed by atoms with Gasteiger partial charge in [-0.15, -0.1) is 11.5 Å². The third-order valence-corrected chi connectivity index (χ3v) is 2.67. The lowest BCUT2D eigenvalue weighted by Gasteiger charge is -2.24. The van der Waals surface area contributed by atoms with E-state index >= 15 is 0 Å². The third-order valence-electron chi connectivity index (χ3n) is 2.67. The Balaban J connectivity index is 2.45. The monoisotopic (exact) mass is 235 g/mol. The molecule has 0 saturated heterocycles. The number of allylic oxidation sites excluding steroid dienone is 1. The molecule has 6 heteroatoms. The Hall–Kier alpha value is -0.935. The highest BCUT2D eigenvalue weighted by molar-refractivity contribution is 6.64. The fourth-order valence-corrected chi connectivity index (χ4v) is 1.92. The zero-order valence-electron chi connectivity index (χ0n) is 9.22. The maximum atomic E-state index is 12.1. The van der Waals surface area contributed by atoms with Crippen molar-refractivity contribution < 1.29 is 22.5 Å². The van der Waals surface area contributed by atoms with Crippen LogP contribution in [-0.2, 0) is 9.53 Å². The van der Waals surface area contributed by atoms with Gasteiger partial charge in [-0.05, 0) is 32.6 Å². The summed E-state index contributed by atoms with van der Waals surface area (Å²) in [5.74, 6) is -0.0848. The Morgan fingerprint density at radius 1 is 1.44 bits per heavy atom. The summed E-state index contributed by atoms with van der Waals surface area (Å²) >= 11 is 0. The molecule has 0 amide bonds. The first-order chi connectivity index (χ1) is 7.42. The van der Waals surface area contributed by atoms with Gasteiger partial charge in [0.1, 0.15) is 0 Å². The van der Waals surface area contributed by atoms with Crippen LogP contribution in [0.5, 0.6) is 0 Å². The Morgan fingerprint density at radius 2 is 2.00 bits per heavy atom. The summed E-state index contributed by atoms with van der Waals surface area (Å²) in [5, 5.41) is 0. The normalized spacial score (nSPS) is 21.8. The molecule has 0 atom stereocenters. The van der Waals surface area contributed by atoms with Crippen molar-refractivity contribution in [3.63, 3.8) is 0 Å². The molecule has 0 aromatic heterocycles. The van der Waals surface area contributed by atoms with Gasteiger partial charge in [0, 0.05) is 0 Å². The summed E-state index contributed by atoms with van der Waals surface area (Å²) in [6, 6.07) is 0. The molecular formula is C10H15BF3O2-. The van der Waals surface area contributed by atoms with Crippen LogP contribution in [-0.4, -0.2) is 19.6 Å². The number of hydrogen-bond donors (Lipinski definition) is 0. The second kappa shape index (κ2) is 5.41. The first-order valence-electron chi connectivity index (χ1n) is 5.49. The van der Waals surface area contributed by atoms with Crippen molar-refractivity contribution in [2.24, 2.45) is 5.92 Å². The van der Waals surface area contributed by atoms with Crippen molar-refractivity contribution >= 4 is 12.9 Å². The van der Waals surface area contributed by atoms with E-state index < -0.39 is 6.98 Å². The minimum absolute atomic E-state index is 0.224. The molecule has 0 aromatic rings. The lowest BCUT2D eigenvalue weighted by atomic mass is 9.79. The Kier molecular flexibility index (Phi) is 4.44. The van der Waals surface area contributed by atoms with E-state index in [9.17, 15) is 17.7 Å². The van der Waals surface area contributed by atoms with E-state index in [1.165, 1.54) is 0 Å². The van der Waals surface area contributed by atoms with E-state index in [1.807, 2.05) is 0 Å². The van der Waals surface area contributed by atoms with Crippen LogP contribution in [0.2, 0.25) is 0 Å². The highest BCUT2D eigenvalue weighted by Crippen LogP contribution is 2.30. The van der Waals surface area contributed by atoms with E-state index in [4.69, 9.17) is 4.74 Å². The largest absolute Gasteiger partial charge is 0.502 e. The standard InChI is InChI=1S/C10H15BF3O2/c1-2-16-10(15)9-5-3-8(4-6-9)7-11(12,13)14/h7,9H,2-6H2,1H3/q-1. The number of ether oxygens (including phenoxy) is 1. The highest BCUT2D eigenvalue weighted by Gasteiger charge is 2.26. The summed E-state index contributed by atoms with van der Waals surface area (Å²) in [4.78, 5) is 11.3. The summed E-state index contributed by atoms with van der Waals surface area (Å²) < 4.78 is 41.2. The van der Waals surface area contributed by atoms with Crippen LogP contribution in [0, 0.1) is 5.92 Å². The Morgan fingerprint density at radius 3 is 2.44 bits per heavy atom. The molecule has 0 radical (unpaired) electrons. The van der Waals surface area contributed by atoms with Gasteiger partial charge in [-0.2, -0.15) is 0 Å². The maximum Gasteiger partial charge on any atom is 0.502 e. The van der Waals surface area contributed by atoms with Gasteiger partial charge in [0.05, 0.1) is 12.5 Å². The van der Waals surface area contributed by atoms with E-state index in [2.05, 4.69) is 0 Å².